The fraction of sp³-hybridized carbons (Fsp3) is 0.240. The minimum atomic E-state index is 0.850. The molecule has 0 unspecified atom stereocenters. The van der Waals surface area contributed by atoms with Crippen molar-refractivity contribution >= 4 is 5.65 Å². The number of pyridine rings is 1. The molecule has 5 rings (SSSR count). The van der Waals surface area contributed by atoms with Gasteiger partial charge >= 0.3 is 0 Å². The third-order valence-electron chi connectivity index (χ3n) is 5.75. The number of hydrogen-bond donors (Lipinski definition) is 1. The van der Waals surface area contributed by atoms with Crippen molar-refractivity contribution < 1.29 is 4.74 Å². The summed E-state index contributed by atoms with van der Waals surface area (Å²) in [6.45, 7) is 5.01. The number of nitrogens with one attached hydrogen (secondary N) is 1. The fourth-order valence-electron chi connectivity index (χ4n) is 4.13. The Morgan fingerprint density at radius 1 is 0.900 bits per heavy atom. The molecule has 0 radical (unpaired) electrons. The second-order valence-electron chi connectivity index (χ2n) is 7.68. The molecule has 0 bridgehead atoms. The summed E-state index contributed by atoms with van der Waals surface area (Å²) in [4.78, 5) is 7.52. The zero-order valence-electron chi connectivity index (χ0n) is 17.2. The first kappa shape index (κ1) is 18.9. The SMILES string of the molecule is COc1cccc(-c2nc3ccc(-c4ccccc4)cn3c2CN2CCNCC2)c1. The fourth-order valence-corrected chi connectivity index (χ4v) is 4.13. The molecule has 1 aliphatic heterocycles. The van der Waals surface area contributed by atoms with E-state index in [9.17, 15) is 0 Å². The van der Waals surface area contributed by atoms with Crippen molar-refractivity contribution in [3.05, 3.63) is 78.6 Å². The number of fused-ring (bicyclic) bond motifs is 1. The highest BCUT2D eigenvalue weighted by molar-refractivity contribution is 5.71. The van der Waals surface area contributed by atoms with Gasteiger partial charge in [0, 0.05) is 44.5 Å². The lowest BCUT2D eigenvalue weighted by Crippen LogP contribution is -2.43. The maximum Gasteiger partial charge on any atom is 0.137 e. The van der Waals surface area contributed by atoms with Crippen molar-refractivity contribution in [1.29, 1.82) is 0 Å². The van der Waals surface area contributed by atoms with E-state index < -0.39 is 0 Å². The average molecular weight is 399 g/mol. The predicted molar refractivity (Wildman–Crippen MR) is 121 cm³/mol. The molecule has 1 aliphatic rings. The van der Waals surface area contributed by atoms with Crippen LogP contribution in [-0.4, -0.2) is 47.6 Å². The molecule has 4 aromatic rings. The Kier molecular flexibility index (Phi) is 5.22. The summed E-state index contributed by atoms with van der Waals surface area (Å²) in [5.41, 5.74) is 6.71. The van der Waals surface area contributed by atoms with Gasteiger partial charge in [0.2, 0.25) is 0 Å². The predicted octanol–water partition coefficient (Wildman–Crippen LogP) is 4.08. The van der Waals surface area contributed by atoms with E-state index in [-0.39, 0.29) is 0 Å². The van der Waals surface area contributed by atoms with Crippen molar-refractivity contribution in [2.45, 2.75) is 6.54 Å². The number of methoxy groups -OCH3 is 1. The minimum Gasteiger partial charge on any atom is -0.497 e. The van der Waals surface area contributed by atoms with Crippen LogP contribution in [0.2, 0.25) is 0 Å². The summed E-state index contributed by atoms with van der Waals surface area (Å²) >= 11 is 0. The second-order valence-corrected chi connectivity index (χ2v) is 7.68. The van der Waals surface area contributed by atoms with Crippen molar-refractivity contribution in [1.82, 2.24) is 19.6 Å². The van der Waals surface area contributed by atoms with Crippen LogP contribution in [0.1, 0.15) is 5.69 Å². The molecule has 1 N–H and O–H groups in total. The van der Waals surface area contributed by atoms with E-state index in [1.807, 2.05) is 12.1 Å². The number of aromatic nitrogens is 2. The summed E-state index contributed by atoms with van der Waals surface area (Å²) in [5.74, 6) is 0.850. The van der Waals surface area contributed by atoms with Gasteiger partial charge in [-0.1, -0.05) is 42.5 Å². The van der Waals surface area contributed by atoms with Crippen LogP contribution < -0.4 is 10.1 Å². The molecule has 0 aliphatic carbocycles. The molecule has 5 nitrogen and oxygen atoms in total. The zero-order chi connectivity index (χ0) is 20.3. The first-order valence-corrected chi connectivity index (χ1v) is 10.5. The summed E-state index contributed by atoms with van der Waals surface area (Å²) in [5, 5.41) is 3.44. The summed E-state index contributed by atoms with van der Waals surface area (Å²) in [7, 11) is 1.70. The van der Waals surface area contributed by atoms with Crippen molar-refractivity contribution in [2.24, 2.45) is 0 Å². The molecule has 0 atom stereocenters. The van der Waals surface area contributed by atoms with Crippen LogP contribution in [0.15, 0.2) is 72.9 Å². The van der Waals surface area contributed by atoms with E-state index in [0.717, 1.165) is 55.4 Å². The molecule has 5 heteroatoms. The molecule has 1 saturated heterocycles. The number of piperazine rings is 1. The van der Waals surface area contributed by atoms with Gasteiger partial charge in [0.15, 0.2) is 0 Å². The number of imidazole rings is 1. The average Bonchev–Trinajstić information content (AvgIpc) is 3.18. The molecular formula is C25H26N4O. The Morgan fingerprint density at radius 2 is 1.70 bits per heavy atom. The molecular weight excluding hydrogens is 372 g/mol. The Hall–Kier alpha value is -3.15. The van der Waals surface area contributed by atoms with Crippen LogP contribution in [0.4, 0.5) is 0 Å². The van der Waals surface area contributed by atoms with Crippen molar-refractivity contribution in [2.75, 3.05) is 33.3 Å². The van der Waals surface area contributed by atoms with Crippen molar-refractivity contribution in [3.8, 4) is 28.1 Å². The van der Waals surface area contributed by atoms with Gasteiger partial charge in [0.05, 0.1) is 18.5 Å². The van der Waals surface area contributed by atoms with Gasteiger partial charge in [0.25, 0.3) is 0 Å². The van der Waals surface area contributed by atoms with Gasteiger partial charge in [-0.25, -0.2) is 4.98 Å². The largest absolute Gasteiger partial charge is 0.497 e. The van der Waals surface area contributed by atoms with Crippen LogP contribution in [0.5, 0.6) is 5.75 Å². The number of ether oxygens (including phenoxy) is 1. The number of benzene rings is 2. The van der Waals surface area contributed by atoms with Gasteiger partial charge in [-0.2, -0.15) is 0 Å². The topological polar surface area (TPSA) is 41.8 Å². The van der Waals surface area contributed by atoms with Gasteiger partial charge in [-0.05, 0) is 35.4 Å². The van der Waals surface area contributed by atoms with Gasteiger partial charge in [-0.3, -0.25) is 4.90 Å². The van der Waals surface area contributed by atoms with Crippen LogP contribution in [0, 0.1) is 0 Å². The van der Waals surface area contributed by atoms with Gasteiger partial charge in [-0.15, -0.1) is 0 Å². The maximum atomic E-state index is 5.46. The highest BCUT2D eigenvalue weighted by atomic mass is 16.5. The van der Waals surface area contributed by atoms with E-state index in [1.54, 1.807) is 7.11 Å². The van der Waals surface area contributed by atoms with Gasteiger partial charge in [0.1, 0.15) is 11.4 Å². The molecule has 0 amide bonds. The first-order valence-electron chi connectivity index (χ1n) is 10.5. The van der Waals surface area contributed by atoms with Crippen molar-refractivity contribution in [3.63, 3.8) is 0 Å². The quantitative estimate of drug-likeness (QED) is 0.550. The van der Waals surface area contributed by atoms with E-state index in [1.165, 1.54) is 16.8 Å². The summed E-state index contributed by atoms with van der Waals surface area (Å²) < 4.78 is 7.73. The molecule has 0 saturated carbocycles. The molecule has 0 spiro atoms. The molecule has 152 valence electrons. The normalized spacial score (nSPS) is 14.8. The lowest BCUT2D eigenvalue weighted by Gasteiger charge is -2.27. The summed E-state index contributed by atoms with van der Waals surface area (Å²) in [6, 6.07) is 23.0. The standard InChI is InChI=1S/C25H26N4O/c1-30-22-9-5-8-20(16-22)25-23(18-28-14-12-26-13-15-28)29-17-21(10-11-24(29)27-25)19-6-3-2-4-7-19/h2-11,16-17,26H,12-15,18H2,1H3. The van der Waals surface area contributed by atoms with E-state index >= 15 is 0 Å². The van der Waals surface area contributed by atoms with E-state index in [4.69, 9.17) is 9.72 Å². The smallest absolute Gasteiger partial charge is 0.137 e. The van der Waals surface area contributed by atoms with E-state index in [2.05, 4.69) is 75.4 Å². The second kappa shape index (κ2) is 8.30. The third-order valence-corrected chi connectivity index (χ3v) is 5.75. The highest BCUT2D eigenvalue weighted by Gasteiger charge is 2.19. The Bertz CT molecular complexity index is 1150. The third kappa shape index (κ3) is 3.70. The van der Waals surface area contributed by atoms with Crippen LogP contribution in [0.25, 0.3) is 28.0 Å². The maximum absolute atomic E-state index is 5.46. The van der Waals surface area contributed by atoms with E-state index in [0.29, 0.717) is 0 Å². The molecule has 1 fully saturated rings. The van der Waals surface area contributed by atoms with Crippen LogP contribution in [-0.2, 0) is 6.54 Å². The lowest BCUT2D eigenvalue weighted by atomic mass is 10.1. The highest BCUT2D eigenvalue weighted by Crippen LogP contribution is 2.30. The Labute approximate surface area is 176 Å². The first-order chi connectivity index (χ1) is 14.8. The monoisotopic (exact) mass is 398 g/mol. The molecule has 2 aromatic heterocycles. The van der Waals surface area contributed by atoms with Crippen LogP contribution in [0.3, 0.4) is 0 Å². The molecule has 30 heavy (non-hydrogen) atoms. The summed E-state index contributed by atoms with van der Waals surface area (Å²) in [6.07, 6.45) is 2.22. The number of rotatable bonds is 5. The van der Waals surface area contributed by atoms with Gasteiger partial charge < -0.3 is 14.5 Å². The number of nitrogens with zero attached hydrogens (tertiary/aromatic N) is 3. The zero-order valence-corrected chi connectivity index (χ0v) is 17.2. The van der Waals surface area contributed by atoms with Crippen LogP contribution >= 0.6 is 0 Å². The lowest BCUT2D eigenvalue weighted by molar-refractivity contribution is 0.230. The molecule has 2 aromatic carbocycles. The Morgan fingerprint density at radius 3 is 2.50 bits per heavy atom. The molecule has 3 heterocycles. The number of hydrogen-bond acceptors (Lipinski definition) is 4. The Balaban J connectivity index is 1.65. The minimum absolute atomic E-state index is 0.850.